The molecular weight excluding hydrogens is 426 g/mol. The van der Waals surface area contributed by atoms with Gasteiger partial charge in [0.1, 0.15) is 5.75 Å². The third kappa shape index (κ3) is 3.73. The summed E-state index contributed by atoms with van der Waals surface area (Å²) in [7, 11) is 1.62. The fourth-order valence-corrected chi connectivity index (χ4v) is 4.58. The van der Waals surface area contributed by atoms with Gasteiger partial charge in [-0.1, -0.05) is 0 Å². The summed E-state index contributed by atoms with van der Waals surface area (Å²) in [6, 6.07) is 15.3. The number of hydrogen-bond acceptors (Lipinski definition) is 6. The molecule has 162 valence electrons. The number of carbonyl (C=O) groups excluding carboxylic acids is 1. The molecule has 0 bridgehead atoms. The first kappa shape index (κ1) is 20.3. The summed E-state index contributed by atoms with van der Waals surface area (Å²) >= 11 is 1.33. The smallest absolute Gasteiger partial charge is 0.264 e. The van der Waals surface area contributed by atoms with Crippen molar-refractivity contribution in [2.75, 3.05) is 13.9 Å². The van der Waals surface area contributed by atoms with Gasteiger partial charge in [0.25, 0.3) is 5.91 Å². The number of aliphatic imine (C=N–C) groups is 1. The summed E-state index contributed by atoms with van der Waals surface area (Å²) in [5.41, 5.74) is 4.80. The maximum absolute atomic E-state index is 12.5. The van der Waals surface area contributed by atoms with E-state index in [9.17, 15) is 4.79 Å². The van der Waals surface area contributed by atoms with Crippen molar-refractivity contribution in [2.24, 2.45) is 4.99 Å². The van der Waals surface area contributed by atoms with Crippen LogP contribution in [0.4, 0.5) is 5.69 Å². The molecule has 0 saturated carbocycles. The zero-order valence-corrected chi connectivity index (χ0v) is 18.7. The van der Waals surface area contributed by atoms with Gasteiger partial charge in [-0.3, -0.25) is 4.79 Å². The number of amides is 1. The van der Waals surface area contributed by atoms with Crippen molar-refractivity contribution in [3.05, 3.63) is 70.4 Å². The Bertz CT molecular complexity index is 1280. The minimum atomic E-state index is -0.157. The predicted octanol–water partition coefficient (Wildman–Crippen LogP) is 4.72. The normalized spacial score (nSPS) is 17.3. The molecule has 1 fully saturated rings. The molecule has 1 amide bonds. The highest BCUT2D eigenvalue weighted by atomic mass is 32.2. The van der Waals surface area contributed by atoms with Crippen LogP contribution in [0.15, 0.2) is 58.4 Å². The lowest BCUT2D eigenvalue weighted by atomic mass is 10.2. The Kier molecular flexibility index (Phi) is 5.14. The van der Waals surface area contributed by atoms with Crippen LogP contribution in [0.1, 0.15) is 17.0 Å². The van der Waals surface area contributed by atoms with Crippen LogP contribution in [0.25, 0.3) is 11.8 Å². The molecular formula is C24H21N3O4S. The number of aryl methyl sites for hydroxylation is 1. The van der Waals surface area contributed by atoms with Gasteiger partial charge in [-0.2, -0.15) is 0 Å². The van der Waals surface area contributed by atoms with E-state index in [1.807, 2.05) is 62.4 Å². The van der Waals surface area contributed by atoms with Crippen molar-refractivity contribution in [3.8, 4) is 22.9 Å². The largest absolute Gasteiger partial charge is 0.497 e. The Morgan fingerprint density at radius 1 is 1.09 bits per heavy atom. The molecule has 3 heterocycles. The van der Waals surface area contributed by atoms with Crippen molar-refractivity contribution in [3.63, 3.8) is 0 Å². The summed E-state index contributed by atoms with van der Waals surface area (Å²) in [6.07, 6.45) is 1.91. The zero-order valence-electron chi connectivity index (χ0n) is 17.8. The molecule has 0 radical (unpaired) electrons. The third-order valence-corrected chi connectivity index (χ3v) is 6.24. The standard InChI is InChI=1S/C24H21N3O4S/c1-14-10-16(15(2)27(14)18-6-9-20-21(12-18)31-13-30-20)11-22-23(28)26-24(32-22)25-17-4-7-19(29-3)8-5-17/h4-12H,13H2,1-3H3,(H,25,26,28). The number of aromatic nitrogens is 1. The van der Waals surface area contributed by atoms with Gasteiger partial charge in [-0.25, -0.2) is 4.99 Å². The SMILES string of the molecule is COc1ccc(N=C2NC(=O)C(=Cc3cc(C)n(-c4ccc5c(c4)OCO5)c3C)S2)cc1. The van der Waals surface area contributed by atoms with Crippen LogP contribution in [0.2, 0.25) is 0 Å². The van der Waals surface area contributed by atoms with Gasteiger partial charge in [0, 0.05) is 23.1 Å². The molecule has 2 aliphatic heterocycles. The number of carbonyl (C=O) groups is 1. The Labute approximate surface area is 189 Å². The van der Waals surface area contributed by atoms with E-state index in [1.54, 1.807) is 7.11 Å². The number of methoxy groups -OCH3 is 1. The highest BCUT2D eigenvalue weighted by molar-refractivity contribution is 8.18. The Balaban J connectivity index is 1.42. The van der Waals surface area contributed by atoms with Crippen LogP contribution >= 0.6 is 11.8 Å². The van der Waals surface area contributed by atoms with E-state index in [1.165, 1.54) is 11.8 Å². The first-order valence-corrected chi connectivity index (χ1v) is 10.9. The maximum Gasteiger partial charge on any atom is 0.264 e. The van der Waals surface area contributed by atoms with E-state index in [0.717, 1.165) is 45.6 Å². The van der Waals surface area contributed by atoms with Gasteiger partial charge >= 0.3 is 0 Å². The quantitative estimate of drug-likeness (QED) is 0.586. The molecule has 8 heteroatoms. The van der Waals surface area contributed by atoms with Crippen molar-refractivity contribution in [1.29, 1.82) is 0 Å². The summed E-state index contributed by atoms with van der Waals surface area (Å²) < 4.78 is 18.2. The molecule has 32 heavy (non-hydrogen) atoms. The summed E-state index contributed by atoms with van der Waals surface area (Å²) in [4.78, 5) is 17.7. The Morgan fingerprint density at radius 2 is 1.88 bits per heavy atom. The molecule has 1 N–H and O–H groups in total. The van der Waals surface area contributed by atoms with Gasteiger partial charge < -0.3 is 24.1 Å². The highest BCUT2D eigenvalue weighted by Crippen LogP contribution is 2.36. The monoisotopic (exact) mass is 447 g/mol. The van der Waals surface area contributed by atoms with Crippen LogP contribution in [0.3, 0.4) is 0 Å². The molecule has 2 aromatic carbocycles. The predicted molar refractivity (Wildman–Crippen MR) is 125 cm³/mol. The fourth-order valence-electron chi connectivity index (χ4n) is 3.75. The van der Waals surface area contributed by atoms with E-state index < -0.39 is 0 Å². The summed E-state index contributed by atoms with van der Waals surface area (Å²) in [5.74, 6) is 2.09. The second-order valence-corrected chi connectivity index (χ2v) is 8.41. The van der Waals surface area contributed by atoms with Gasteiger partial charge in [-0.05, 0) is 79.7 Å². The molecule has 0 atom stereocenters. The number of nitrogens with zero attached hydrogens (tertiary/aromatic N) is 2. The van der Waals surface area contributed by atoms with Gasteiger partial charge in [0.15, 0.2) is 16.7 Å². The highest BCUT2D eigenvalue weighted by Gasteiger charge is 2.25. The molecule has 2 aliphatic rings. The lowest BCUT2D eigenvalue weighted by molar-refractivity contribution is -0.115. The van der Waals surface area contributed by atoms with Crippen molar-refractivity contribution in [1.82, 2.24) is 9.88 Å². The van der Waals surface area contributed by atoms with Crippen LogP contribution in [0.5, 0.6) is 17.2 Å². The number of amidine groups is 1. The lowest BCUT2D eigenvalue weighted by Crippen LogP contribution is -2.19. The van der Waals surface area contributed by atoms with Gasteiger partial charge in [0.05, 0.1) is 17.7 Å². The average molecular weight is 448 g/mol. The number of rotatable bonds is 4. The summed E-state index contributed by atoms with van der Waals surface area (Å²) in [6.45, 7) is 4.32. The second kappa shape index (κ2) is 8.12. The zero-order chi connectivity index (χ0) is 22.2. The molecule has 7 nitrogen and oxygen atoms in total. The minimum Gasteiger partial charge on any atom is -0.497 e. The molecule has 0 aliphatic carbocycles. The number of nitrogens with one attached hydrogen (secondary N) is 1. The van der Waals surface area contributed by atoms with Crippen LogP contribution in [-0.2, 0) is 4.79 Å². The van der Waals surface area contributed by atoms with E-state index in [0.29, 0.717) is 10.1 Å². The van der Waals surface area contributed by atoms with Gasteiger partial charge in [-0.15, -0.1) is 0 Å². The molecule has 0 spiro atoms. The fraction of sp³-hybridized carbons (Fsp3) is 0.167. The van der Waals surface area contributed by atoms with E-state index >= 15 is 0 Å². The molecule has 1 aromatic heterocycles. The first-order valence-electron chi connectivity index (χ1n) is 10.0. The van der Waals surface area contributed by atoms with Gasteiger partial charge in [0.2, 0.25) is 6.79 Å². The van der Waals surface area contributed by atoms with E-state index in [2.05, 4.69) is 20.9 Å². The molecule has 1 saturated heterocycles. The Hall–Kier alpha value is -3.65. The summed E-state index contributed by atoms with van der Waals surface area (Å²) in [5, 5.41) is 3.39. The number of hydrogen-bond donors (Lipinski definition) is 1. The molecule has 3 aromatic rings. The average Bonchev–Trinajstić information content (AvgIpc) is 3.46. The lowest BCUT2D eigenvalue weighted by Gasteiger charge is -2.10. The molecule has 0 unspecified atom stereocenters. The van der Waals surface area contributed by atoms with E-state index in [4.69, 9.17) is 14.2 Å². The Morgan fingerprint density at radius 3 is 2.66 bits per heavy atom. The first-order chi connectivity index (χ1) is 15.5. The third-order valence-electron chi connectivity index (χ3n) is 5.33. The van der Waals surface area contributed by atoms with Crippen LogP contribution in [0, 0.1) is 13.8 Å². The minimum absolute atomic E-state index is 0.157. The number of thioether (sulfide) groups is 1. The number of ether oxygens (including phenoxy) is 3. The number of benzene rings is 2. The van der Waals surface area contributed by atoms with Crippen molar-refractivity contribution in [2.45, 2.75) is 13.8 Å². The van der Waals surface area contributed by atoms with E-state index in [-0.39, 0.29) is 12.7 Å². The molecule has 5 rings (SSSR count). The second-order valence-electron chi connectivity index (χ2n) is 7.38. The van der Waals surface area contributed by atoms with Crippen molar-refractivity contribution < 1.29 is 19.0 Å². The van der Waals surface area contributed by atoms with Crippen LogP contribution < -0.4 is 19.5 Å². The number of fused-ring (bicyclic) bond motifs is 1. The van der Waals surface area contributed by atoms with Crippen molar-refractivity contribution >= 4 is 34.6 Å². The maximum atomic E-state index is 12.5. The topological polar surface area (TPSA) is 74.1 Å². The van der Waals surface area contributed by atoms with Crippen LogP contribution in [-0.4, -0.2) is 29.5 Å².